The highest BCUT2D eigenvalue weighted by Gasteiger charge is 2.20. The molecule has 5 nitrogen and oxygen atoms in total. The van der Waals surface area contributed by atoms with E-state index >= 15 is 0 Å². The van der Waals surface area contributed by atoms with Crippen LogP contribution in [0.2, 0.25) is 0 Å². The third-order valence-electron chi connectivity index (χ3n) is 3.62. The molecule has 106 valence electrons. The molecule has 1 aliphatic heterocycles. The molecule has 0 atom stereocenters. The number of anilines is 1. The maximum Gasteiger partial charge on any atom is 0.144 e. The Kier molecular flexibility index (Phi) is 4.71. The summed E-state index contributed by atoms with van der Waals surface area (Å²) in [5.74, 6) is 2.25. The number of nitrogens with two attached hydrogens (primary N) is 1. The van der Waals surface area contributed by atoms with Crippen LogP contribution >= 0.6 is 0 Å². The Bertz CT molecular complexity index is 390. The lowest BCUT2D eigenvalue weighted by molar-refractivity contribution is 0.154. The van der Waals surface area contributed by atoms with Crippen LogP contribution < -0.4 is 5.73 Å². The van der Waals surface area contributed by atoms with Crippen LogP contribution in [0.4, 0.5) is 5.82 Å². The Hall–Kier alpha value is -1.20. The minimum atomic E-state index is 0.574. The van der Waals surface area contributed by atoms with Crippen LogP contribution in [-0.2, 0) is 6.54 Å². The first-order chi connectivity index (χ1) is 9.02. The van der Waals surface area contributed by atoms with Crippen molar-refractivity contribution >= 4 is 5.82 Å². The molecule has 0 aliphatic carbocycles. The van der Waals surface area contributed by atoms with Gasteiger partial charge >= 0.3 is 0 Å². The molecule has 1 fully saturated rings. The van der Waals surface area contributed by atoms with Gasteiger partial charge in [0, 0.05) is 18.3 Å². The molecule has 5 heteroatoms. The van der Waals surface area contributed by atoms with Crippen LogP contribution in [0.1, 0.15) is 24.4 Å². The fourth-order valence-corrected chi connectivity index (χ4v) is 2.77. The summed E-state index contributed by atoms with van der Waals surface area (Å²) >= 11 is 0. The SMILES string of the molecule is Cc1cc(N)nc(CN2CCC(CN(C)C)CC2)n1. The first-order valence-corrected chi connectivity index (χ1v) is 7.00. The molecule has 0 unspecified atom stereocenters. The fraction of sp³-hybridized carbons (Fsp3) is 0.714. The normalized spacial score (nSPS) is 18.1. The molecule has 1 aromatic heterocycles. The van der Waals surface area contributed by atoms with Crippen molar-refractivity contribution in [3.8, 4) is 0 Å². The van der Waals surface area contributed by atoms with Crippen molar-refractivity contribution in [2.45, 2.75) is 26.3 Å². The van der Waals surface area contributed by atoms with E-state index in [0.717, 1.165) is 37.1 Å². The van der Waals surface area contributed by atoms with E-state index in [4.69, 9.17) is 5.73 Å². The third kappa shape index (κ3) is 4.44. The highest BCUT2D eigenvalue weighted by molar-refractivity contribution is 5.29. The van der Waals surface area contributed by atoms with Gasteiger partial charge in [-0.25, -0.2) is 9.97 Å². The third-order valence-corrected chi connectivity index (χ3v) is 3.62. The van der Waals surface area contributed by atoms with Crippen molar-refractivity contribution < 1.29 is 0 Å². The molecular weight excluding hydrogens is 238 g/mol. The first-order valence-electron chi connectivity index (χ1n) is 7.00. The minimum absolute atomic E-state index is 0.574. The van der Waals surface area contributed by atoms with Gasteiger partial charge in [-0.15, -0.1) is 0 Å². The predicted molar refractivity (Wildman–Crippen MR) is 77.7 cm³/mol. The zero-order valence-corrected chi connectivity index (χ0v) is 12.3. The summed E-state index contributed by atoms with van der Waals surface area (Å²) in [7, 11) is 4.30. The summed E-state index contributed by atoms with van der Waals surface area (Å²) in [5, 5.41) is 0. The largest absolute Gasteiger partial charge is 0.384 e. The van der Waals surface area contributed by atoms with Crippen molar-refractivity contribution in [3.63, 3.8) is 0 Å². The van der Waals surface area contributed by atoms with Gasteiger partial charge in [-0.1, -0.05) is 0 Å². The molecule has 0 spiro atoms. The molecule has 1 saturated heterocycles. The van der Waals surface area contributed by atoms with Gasteiger partial charge in [0.25, 0.3) is 0 Å². The van der Waals surface area contributed by atoms with Crippen LogP contribution in [0.25, 0.3) is 0 Å². The standard InChI is InChI=1S/C14H25N5/c1-11-8-13(15)17-14(16-11)10-19-6-4-12(5-7-19)9-18(2)3/h8,12H,4-7,9-10H2,1-3H3,(H2,15,16,17). The Morgan fingerprint density at radius 2 is 2.00 bits per heavy atom. The molecule has 0 radical (unpaired) electrons. The van der Waals surface area contributed by atoms with Gasteiger partial charge < -0.3 is 10.6 Å². The zero-order chi connectivity index (χ0) is 13.8. The van der Waals surface area contributed by atoms with E-state index in [-0.39, 0.29) is 0 Å². The van der Waals surface area contributed by atoms with Crippen LogP contribution in [0, 0.1) is 12.8 Å². The summed E-state index contributed by atoms with van der Waals surface area (Å²) in [6, 6.07) is 1.81. The summed E-state index contributed by atoms with van der Waals surface area (Å²) in [4.78, 5) is 13.5. The molecule has 0 aromatic carbocycles. The smallest absolute Gasteiger partial charge is 0.144 e. The summed E-state index contributed by atoms with van der Waals surface area (Å²) < 4.78 is 0. The lowest BCUT2D eigenvalue weighted by Crippen LogP contribution is -2.37. The van der Waals surface area contributed by atoms with E-state index in [1.165, 1.54) is 19.4 Å². The van der Waals surface area contributed by atoms with Crippen LogP contribution in [0.5, 0.6) is 0 Å². The van der Waals surface area contributed by atoms with Gasteiger partial charge in [-0.2, -0.15) is 0 Å². The number of aromatic nitrogens is 2. The molecule has 1 aliphatic rings. The van der Waals surface area contributed by atoms with Gasteiger partial charge in [0.1, 0.15) is 11.6 Å². The number of likely N-dealkylation sites (tertiary alicyclic amines) is 1. The Balaban J connectivity index is 1.85. The molecule has 2 rings (SSSR count). The summed E-state index contributed by atoms with van der Waals surface area (Å²) in [5.41, 5.74) is 6.72. The first kappa shape index (κ1) is 14.2. The molecule has 1 aromatic rings. The van der Waals surface area contributed by atoms with Gasteiger partial charge in [0.2, 0.25) is 0 Å². The number of rotatable bonds is 4. The number of nitrogens with zero attached hydrogens (tertiary/aromatic N) is 4. The highest BCUT2D eigenvalue weighted by Crippen LogP contribution is 2.19. The second kappa shape index (κ2) is 6.30. The number of piperidine rings is 1. The second-order valence-corrected chi connectivity index (χ2v) is 5.83. The minimum Gasteiger partial charge on any atom is -0.384 e. The maximum atomic E-state index is 5.77. The van der Waals surface area contributed by atoms with Crippen LogP contribution in [0.3, 0.4) is 0 Å². The Morgan fingerprint density at radius 1 is 1.32 bits per heavy atom. The number of hydrogen-bond donors (Lipinski definition) is 1. The van der Waals surface area contributed by atoms with Crippen molar-refractivity contribution in [1.29, 1.82) is 0 Å². The van der Waals surface area contributed by atoms with Crippen LogP contribution in [-0.4, -0.2) is 53.5 Å². The molecule has 0 saturated carbocycles. The van der Waals surface area contributed by atoms with Crippen molar-refractivity contribution in [2.75, 3.05) is 39.5 Å². The molecule has 19 heavy (non-hydrogen) atoms. The number of aryl methyl sites for hydroxylation is 1. The molecule has 2 heterocycles. The summed E-state index contributed by atoms with van der Waals surface area (Å²) in [6.07, 6.45) is 2.53. The van der Waals surface area contributed by atoms with Gasteiger partial charge in [0.15, 0.2) is 0 Å². The monoisotopic (exact) mass is 263 g/mol. The Morgan fingerprint density at radius 3 is 2.58 bits per heavy atom. The van der Waals surface area contributed by atoms with E-state index in [1.807, 2.05) is 13.0 Å². The number of nitrogen functional groups attached to an aromatic ring is 1. The second-order valence-electron chi connectivity index (χ2n) is 5.83. The number of hydrogen-bond acceptors (Lipinski definition) is 5. The predicted octanol–water partition coefficient (Wildman–Crippen LogP) is 1.14. The van der Waals surface area contributed by atoms with E-state index in [9.17, 15) is 0 Å². The van der Waals surface area contributed by atoms with Crippen LogP contribution in [0.15, 0.2) is 6.07 Å². The topological polar surface area (TPSA) is 58.3 Å². The molecular formula is C14H25N5. The van der Waals surface area contributed by atoms with E-state index in [0.29, 0.717) is 5.82 Å². The highest BCUT2D eigenvalue weighted by atomic mass is 15.2. The maximum absolute atomic E-state index is 5.77. The lowest BCUT2D eigenvalue weighted by atomic mass is 9.96. The van der Waals surface area contributed by atoms with Gasteiger partial charge in [0.05, 0.1) is 6.54 Å². The van der Waals surface area contributed by atoms with Gasteiger partial charge in [-0.05, 0) is 52.9 Å². The zero-order valence-electron chi connectivity index (χ0n) is 12.3. The summed E-state index contributed by atoms with van der Waals surface area (Å²) in [6.45, 7) is 6.25. The average Bonchev–Trinajstić information content (AvgIpc) is 2.29. The quantitative estimate of drug-likeness (QED) is 0.883. The Labute approximate surface area is 115 Å². The molecule has 0 amide bonds. The molecule has 2 N–H and O–H groups in total. The van der Waals surface area contributed by atoms with Crippen molar-refractivity contribution in [3.05, 3.63) is 17.6 Å². The van der Waals surface area contributed by atoms with E-state index in [1.54, 1.807) is 0 Å². The average molecular weight is 263 g/mol. The van der Waals surface area contributed by atoms with Gasteiger partial charge in [-0.3, -0.25) is 4.90 Å². The van der Waals surface area contributed by atoms with E-state index in [2.05, 4.69) is 33.9 Å². The van der Waals surface area contributed by atoms with Crippen molar-refractivity contribution in [2.24, 2.45) is 5.92 Å². The molecule has 0 bridgehead atoms. The fourth-order valence-electron chi connectivity index (χ4n) is 2.77. The van der Waals surface area contributed by atoms with Crippen molar-refractivity contribution in [1.82, 2.24) is 19.8 Å². The van der Waals surface area contributed by atoms with E-state index < -0.39 is 0 Å². The lowest BCUT2D eigenvalue weighted by Gasteiger charge is -2.32.